The van der Waals surface area contributed by atoms with Gasteiger partial charge >= 0.3 is 0 Å². The number of aryl methyl sites for hydroxylation is 1. The maximum atomic E-state index is 11.7. The Hall–Kier alpha value is -2.89. The Morgan fingerprint density at radius 2 is 2.20 bits per heavy atom. The highest BCUT2D eigenvalue weighted by molar-refractivity contribution is 5.95. The number of benzene rings is 1. The van der Waals surface area contributed by atoms with E-state index in [1.54, 1.807) is 25.3 Å². The number of hydrazone groups is 1. The molecule has 20 heavy (non-hydrogen) atoms. The Morgan fingerprint density at radius 3 is 2.85 bits per heavy atom. The molecule has 1 aromatic carbocycles. The molecule has 1 aromatic heterocycles. The zero-order valence-electron chi connectivity index (χ0n) is 10.7. The van der Waals surface area contributed by atoms with Crippen molar-refractivity contribution in [2.45, 2.75) is 6.92 Å². The molecule has 0 saturated carbocycles. The molecule has 0 atom stereocenters. The topological polar surface area (TPSA) is 94.8 Å². The minimum absolute atomic E-state index is 0.0310. The Kier molecular flexibility index (Phi) is 3.95. The van der Waals surface area contributed by atoms with Gasteiger partial charge in [0.15, 0.2) is 0 Å². The van der Waals surface area contributed by atoms with Gasteiger partial charge in [-0.15, -0.1) is 0 Å². The number of hydrogen-bond donors (Lipinski definition) is 3. The zero-order valence-corrected chi connectivity index (χ0v) is 10.7. The lowest BCUT2D eigenvalue weighted by molar-refractivity contribution is 0.0954. The third kappa shape index (κ3) is 3.11. The van der Waals surface area contributed by atoms with E-state index in [-0.39, 0.29) is 11.5 Å². The lowest BCUT2D eigenvalue weighted by Crippen LogP contribution is -2.17. The molecule has 0 aliphatic rings. The van der Waals surface area contributed by atoms with Crippen molar-refractivity contribution in [3.63, 3.8) is 0 Å². The summed E-state index contributed by atoms with van der Waals surface area (Å²) in [4.78, 5) is 15.5. The van der Waals surface area contributed by atoms with E-state index in [0.717, 1.165) is 0 Å². The van der Waals surface area contributed by atoms with Crippen molar-refractivity contribution in [3.05, 3.63) is 53.3 Å². The normalized spacial score (nSPS) is 10.7. The average molecular weight is 271 g/mol. The molecule has 6 nitrogen and oxygen atoms in total. The van der Waals surface area contributed by atoms with Gasteiger partial charge < -0.3 is 10.2 Å². The summed E-state index contributed by atoms with van der Waals surface area (Å²) in [5.41, 5.74) is 3.78. The lowest BCUT2D eigenvalue weighted by atomic mass is 10.1. The van der Waals surface area contributed by atoms with Crippen LogP contribution >= 0.6 is 0 Å². The fourth-order valence-corrected chi connectivity index (χ4v) is 1.65. The van der Waals surface area contributed by atoms with Crippen LogP contribution in [0.25, 0.3) is 0 Å². The summed E-state index contributed by atoms with van der Waals surface area (Å²) < 4.78 is 0. The second kappa shape index (κ2) is 5.83. The predicted octanol–water partition coefficient (Wildman–Crippen LogP) is 1.57. The quantitative estimate of drug-likeness (QED) is 0.583. The number of hydrogen-bond acceptors (Lipinski definition) is 5. The Balaban J connectivity index is 2.10. The summed E-state index contributed by atoms with van der Waals surface area (Å²) in [5, 5.41) is 22.8. The molecule has 1 heterocycles. The molecule has 0 saturated heterocycles. The van der Waals surface area contributed by atoms with Gasteiger partial charge in [0.1, 0.15) is 11.5 Å². The number of aromatic nitrogens is 1. The Morgan fingerprint density at radius 1 is 1.40 bits per heavy atom. The van der Waals surface area contributed by atoms with E-state index in [2.05, 4.69) is 15.5 Å². The molecule has 0 aliphatic heterocycles. The van der Waals surface area contributed by atoms with Crippen LogP contribution in [0, 0.1) is 6.92 Å². The first-order chi connectivity index (χ1) is 9.58. The van der Waals surface area contributed by atoms with Crippen molar-refractivity contribution < 1.29 is 15.0 Å². The first-order valence-corrected chi connectivity index (χ1v) is 5.84. The van der Waals surface area contributed by atoms with Crippen molar-refractivity contribution in [3.8, 4) is 11.5 Å². The number of nitrogens with one attached hydrogen (secondary N) is 1. The van der Waals surface area contributed by atoms with Crippen molar-refractivity contribution in [1.82, 2.24) is 10.4 Å². The number of rotatable bonds is 3. The van der Waals surface area contributed by atoms with E-state index in [0.29, 0.717) is 16.7 Å². The van der Waals surface area contributed by atoms with Gasteiger partial charge in [-0.3, -0.25) is 9.78 Å². The van der Waals surface area contributed by atoms with Crippen LogP contribution in [0.4, 0.5) is 0 Å². The Bertz CT molecular complexity index is 631. The number of phenolic OH excluding ortho intramolecular Hbond substituents is 2. The van der Waals surface area contributed by atoms with Gasteiger partial charge in [-0.2, -0.15) is 5.10 Å². The third-order valence-corrected chi connectivity index (χ3v) is 2.63. The second-order valence-electron chi connectivity index (χ2n) is 4.14. The molecule has 0 radical (unpaired) electrons. The number of amides is 1. The summed E-state index contributed by atoms with van der Waals surface area (Å²) in [6.45, 7) is 1.71. The first kappa shape index (κ1) is 13.5. The number of phenols is 2. The fourth-order valence-electron chi connectivity index (χ4n) is 1.65. The largest absolute Gasteiger partial charge is 0.508 e. The minimum atomic E-state index is -0.398. The van der Waals surface area contributed by atoms with Gasteiger partial charge in [-0.05, 0) is 30.7 Å². The maximum absolute atomic E-state index is 11.7. The van der Waals surface area contributed by atoms with Crippen molar-refractivity contribution in [1.29, 1.82) is 0 Å². The van der Waals surface area contributed by atoms with Gasteiger partial charge in [-0.25, -0.2) is 5.43 Å². The monoisotopic (exact) mass is 271 g/mol. The van der Waals surface area contributed by atoms with Crippen molar-refractivity contribution >= 4 is 12.1 Å². The first-order valence-electron chi connectivity index (χ1n) is 5.84. The molecular weight excluding hydrogens is 258 g/mol. The number of pyridine rings is 1. The zero-order chi connectivity index (χ0) is 14.5. The van der Waals surface area contributed by atoms with Crippen LogP contribution < -0.4 is 5.43 Å². The molecule has 0 fully saturated rings. The molecule has 0 aliphatic carbocycles. The fraction of sp³-hybridized carbons (Fsp3) is 0.0714. The van der Waals surface area contributed by atoms with E-state index < -0.39 is 5.91 Å². The van der Waals surface area contributed by atoms with Gasteiger partial charge in [0, 0.05) is 24.0 Å². The van der Waals surface area contributed by atoms with Crippen LogP contribution in [0.5, 0.6) is 11.5 Å². The van der Waals surface area contributed by atoms with Crippen LogP contribution in [0.15, 0.2) is 41.8 Å². The molecule has 2 rings (SSSR count). The summed E-state index contributed by atoms with van der Waals surface area (Å²) >= 11 is 0. The van der Waals surface area contributed by atoms with E-state index >= 15 is 0 Å². The van der Waals surface area contributed by atoms with Crippen LogP contribution in [0.3, 0.4) is 0 Å². The summed E-state index contributed by atoms with van der Waals surface area (Å²) in [7, 11) is 0. The van der Waals surface area contributed by atoms with Gasteiger partial charge in [0.25, 0.3) is 5.91 Å². The molecule has 0 unspecified atom stereocenters. The van der Waals surface area contributed by atoms with E-state index in [1.807, 2.05) is 0 Å². The predicted molar refractivity (Wildman–Crippen MR) is 73.8 cm³/mol. The van der Waals surface area contributed by atoms with Gasteiger partial charge in [0.05, 0.1) is 11.8 Å². The highest BCUT2D eigenvalue weighted by Crippen LogP contribution is 2.24. The number of aromatic hydroxyl groups is 2. The SMILES string of the molecule is Cc1cc(O)cc(O)c1/C=N/NC(=O)c1cccnc1. The maximum Gasteiger partial charge on any atom is 0.272 e. The molecule has 102 valence electrons. The number of nitrogens with zero attached hydrogens (tertiary/aromatic N) is 2. The van der Waals surface area contributed by atoms with Crippen LogP contribution in [-0.2, 0) is 0 Å². The second-order valence-corrected chi connectivity index (χ2v) is 4.14. The average Bonchev–Trinajstić information content (AvgIpc) is 2.42. The van der Waals surface area contributed by atoms with Crippen LogP contribution in [-0.4, -0.2) is 27.3 Å². The van der Waals surface area contributed by atoms with Crippen molar-refractivity contribution in [2.24, 2.45) is 5.10 Å². The smallest absolute Gasteiger partial charge is 0.272 e. The summed E-state index contributed by atoms with van der Waals surface area (Å²) in [6, 6.07) is 5.96. The van der Waals surface area contributed by atoms with E-state index in [4.69, 9.17) is 0 Å². The molecular formula is C14H13N3O3. The van der Waals surface area contributed by atoms with Gasteiger partial charge in [-0.1, -0.05) is 0 Å². The summed E-state index contributed by atoms with van der Waals surface area (Å²) in [6.07, 6.45) is 4.31. The highest BCUT2D eigenvalue weighted by Gasteiger charge is 2.06. The lowest BCUT2D eigenvalue weighted by Gasteiger charge is -2.04. The van der Waals surface area contributed by atoms with Crippen LogP contribution in [0.2, 0.25) is 0 Å². The molecule has 6 heteroatoms. The Labute approximate surface area is 115 Å². The molecule has 2 aromatic rings. The van der Waals surface area contributed by atoms with Gasteiger partial charge in [0.2, 0.25) is 0 Å². The third-order valence-electron chi connectivity index (χ3n) is 2.63. The molecule has 1 amide bonds. The molecule has 3 N–H and O–H groups in total. The number of carbonyl (C=O) groups excluding carboxylic acids is 1. The van der Waals surface area contributed by atoms with E-state index in [1.165, 1.54) is 24.5 Å². The molecule has 0 spiro atoms. The van der Waals surface area contributed by atoms with Crippen LogP contribution in [0.1, 0.15) is 21.5 Å². The molecule has 0 bridgehead atoms. The standard InChI is InChI=1S/C14H13N3O3/c1-9-5-11(18)6-13(19)12(9)8-16-17-14(20)10-3-2-4-15-7-10/h2-8,18-19H,1H3,(H,17,20)/b16-8+. The highest BCUT2D eigenvalue weighted by atomic mass is 16.3. The number of carbonyl (C=O) groups is 1. The minimum Gasteiger partial charge on any atom is -0.508 e. The van der Waals surface area contributed by atoms with E-state index in [9.17, 15) is 15.0 Å². The summed E-state index contributed by atoms with van der Waals surface area (Å²) in [5.74, 6) is -0.538. The van der Waals surface area contributed by atoms with Crippen molar-refractivity contribution in [2.75, 3.05) is 0 Å².